The fourth-order valence-corrected chi connectivity index (χ4v) is 2.12. The van der Waals surface area contributed by atoms with Gasteiger partial charge in [-0.2, -0.15) is 0 Å². The van der Waals surface area contributed by atoms with E-state index in [0.717, 1.165) is 12.1 Å². The largest absolute Gasteiger partial charge is 0.480 e. The minimum atomic E-state index is -1.18. The molecule has 1 aromatic carbocycles. The van der Waals surface area contributed by atoms with Crippen LogP contribution in [0, 0.1) is 17.6 Å². The Hall–Kier alpha value is -1.50. The summed E-state index contributed by atoms with van der Waals surface area (Å²) in [6.45, 7) is 3.63. The molecule has 1 rings (SSSR count). The van der Waals surface area contributed by atoms with Gasteiger partial charge in [0, 0.05) is 4.47 Å². The van der Waals surface area contributed by atoms with Crippen molar-refractivity contribution < 1.29 is 23.5 Å². The topological polar surface area (TPSA) is 66.4 Å². The molecule has 0 heterocycles. The van der Waals surface area contributed by atoms with E-state index in [4.69, 9.17) is 5.11 Å². The summed E-state index contributed by atoms with van der Waals surface area (Å²) in [6, 6.07) is 0.466. The van der Waals surface area contributed by atoms with Crippen molar-refractivity contribution >= 4 is 27.8 Å². The quantitative estimate of drug-likeness (QED) is 0.803. The average molecular weight is 350 g/mol. The van der Waals surface area contributed by atoms with Crippen LogP contribution in [0.2, 0.25) is 0 Å². The number of rotatable bonds is 5. The predicted molar refractivity (Wildman–Crippen MR) is 72.4 cm³/mol. The lowest BCUT2D eigenvalue weighted by Crippen LogP contribution is -2.41. The van der Waals surface area contributed by atoms with E-state index >= 15 is 0 Å². The van der Waals surface area contributed by atoms with Crippen LogP contribution in [-0.4, -0.2) is 23.0 Å². The minimum absolute atomic E-state index is 0.0579. The highest BCUT2D eigenvalue weighted by atomic mass is 79.9. The van der Waals surface area contributed by atoms with Gasteiger partial charge in [0.15, 0.2) is 11.6 Å². The molecule has 4 nitrogen and oxygen atoms in total. The van der Waals surface area contributed by atoms with Crippen molar-refractivity contribution in [3.8, 4) is 0 Å². The van der Waals surface area contributed by atoms with E-state index in [2.05, 4.69) is 21.2 Å². The van der Waals surface area contributed by atoms with Crippen LogP contribution in [0.3, 0.4) is 0 Å². The molecule has 0 aliphatic heterocycles. The molecule has 0 saturated heterocycles. The monoisotopic (exact) mass is 349 g/mol. The molecule has 0 aliphatic carbocycles. The van der Waals surface area contributed by atoms with E-state index in [9.17, 15) is 18.4 Å². The fourth-order valence-electron chi connectivity index (χ4n) is 1.63. The first-order valence-corrected chi connectivity index (χ1v) is 6.70. The molecule has 0 bridgehead atoms. The SMILES string of the molecule is CC(C)CC(NC(=O)c1cc(F)c(F)cc1Br)C(=O)O. The number of benzene rings is 1. The molecule has 20 heavy (non-hydrogen) atoms. The third-order valence-corrected chi connectivity index (χ3v) is 3.22. The summed E-state index contributed by atoms with van der Waals surface area (Å²) < 4.78 is 26.1. The molecule has 1 amide bonds. The molecule has 0 fully saturated rings. The lowest BCUT2D eigenvalue weighted by Gasteiger charge is -2.17. The van der Waals surface area contributed by atoms with Crippen LogP contribution >= 0.6 is 15.9 Å². The number of carbonyl (C=O) groups is 2. The van der Waals surface area contributed by atoms with Crippen molar-refractivity contribution in [2.75, 3.05) is 0 Å². The summed E-state index contributed by atoms with van der Waals surface area (Å²) in [5.41, 5.74) is -0.154. The van der Waals surface area contributed by atoms with E-state index < -0.39 is 29.6 Å². The number of hydrogen-bond acceptors (Lipinski definition) is 2. The lowest BCUT2D eigenvalue weighted by atomic mass is 10.0. The van der Waals surface area contributed by atoms with Crippen molar-refractivity contribution in [1.29, 1.82) is 0 Å². The molecule has 110 valence electrons. The Morgan fingerprint density at radius 3 is 2.35 bits per heavy atom. The average Bonchev–Trinajstić information content (AvgIpc) is 2.32. The summed E-state index contributed by atoms with van der Waals surface area (Å²) >= 11 is 2.94. The van der Waals surface area contributed by atoms with Gasteiger partial charge in [0.05, 0.1) is 5.56 Å². The Morgan fingerprint density at radius 1 is 1.30 bits per heavy atom. The van der Waals surface area contributed by atoms with E-state index in [-0.39, 0.29) is 22.4 Å². The van der Waals surface area contributed by atoms with Gasteiger partial charge in [0.2, 0.25) is 0 Å². The number of carbonyl (C=O) groups excluding carboxylic acids is 1. The summed E-state index contributed by atoms with van der Waals surface area (Å²) in [7, 11) is 0. The number of hydrogen-bond donors (Lipinski definition) is 2. The first-order valence-electron chi connectivity index (χ1n) is 5.90. The van der Waals surface area contributed by atoms with Crippen LogP contribution < -0.4 is 5.32 Å². The standard InChI is InChI=1S/C13H14BrF2NO3/c1-6(2)3-11(13(19)20)17-12(18)7-4-9(15)10(16)5-8(7)14/h4-6,11H,3H2,1-2H3,(H,17,18)(H,19,20). The summed E-state index contributed by atoms with van der Waals surface area (Å²) in [5, 5.41) is 11.3. The van der Waals surface area contributed by atoms with Crippen LogP contribution in [0.15, 0.2) is 16.6 Å². The van der Waals surface area contributed by atoms with Gasteiger partial charge in [-0.15, -0.1) is 0 Å². The Morgan fingerprint density at radius 2 is 1.85 bits per heavy atom. The van der Waals surface area contributed by atoms with Gasteiger partial charge in [-0.1, -0.05) is 13.8 Å². The van der Waals surface area contributed by atoms with Gasteiger partial charge in [-0.3, -0.25) is 4.79 Å². The zero-order valence-electron chi connectivity index (χ0n) is 10.9. The van der Waals surface area contributed by atoms with Crippen LogP contribution in [0.4, 0.5) is 8.78 Å². The zero-order valence-corrected chi connectivity index (χ0v) is 12.5. The molecule has 0 radical (unpaired) electrons. The molecule has 0 aliphatic rings. The first kappa shape index (κ1) is 16.6. The molecule has 2 N–H and O–H groups in total. The summed E-state index contributed by atoms with van der Waals surface area (Å²) in [5.74, 6) is -4.15. The van der Waals surface area contributed by atoms with Crippen molar-refractivity contribution in [1.82, 2.24) is 5.32 Å². The normalized spacial score (nSPS) is 12.3. The molecular weight excluding hydrogens is 336 g/mol. The maximum absolute atomic E-state index is 13.1. The number of nitrogens with one attached hydrogen (secondary N) is 1. The van der Waals surface area contributed by atoms with Crippen LogP contribution in [0.25, 0.3) is 0 Å². The Labute approximate surface area is 123 Å². The highest BCUT2D eigenvalue weighted by molar-refractivity contribution is 9.10. The van der Waals surface area contributed by atoms with Crippen LogP contribution in [-0.2, 0) is 4.79 Å². The fraction of sp³-hybridized carbons (Fsp3) is 0.385. The molecule has 1 atom stereocenters. The summed E-state index contributed by atoms with van der Waals surface area (Å²) in [4.78, 5) is 23.0. The second-order valence-corrected chi connectivity index (χ2v) is 5.59. The number of carboxylic acid groups (broad SMARTS) is 1. The maximum atomic E-state index is 13.1. The van der Waals surface area contributed by atoms with Gasteiger partial charge in [-0.05, 0) is 40.4 Å². The molecule has 1 aromatic rings. The number of aliphatic carboxylic acids is 1. The van der Waals surface area contributed by atoms with Crippen molar-refractivity contribution in [3.63, 3.8) is 0 Å². The first-order chi connectivity index (χ1) is 9.22. The zero-order chi connectivity index (χ0) is 15.4. The van der Waals surface area contributed by atoms with Gasteiger partial charge in [-0.25, -0.2) is 13.6 Å². The Balaban J connectivity index is 2.95. The Kier molecular flexibility index (Phi) is 5.62. The second-order valence-electron chi connectivity index (χ2n) is 4.74. The van der Waals surface area contributed by atoms with Crippen molar-refractivity contribution in [2.24, 2.45) is 5.92 Å². The molecule has 1 unspecified atom stereocenters. The van der Waals surface area contributed by atoms with E-state index in [1.165, 1.54) is 0 Å². The van der Waals surface area contributed by atoms with Crippen molar-refractivity contribution in [3.05, 3.63) is 33.8 Å². The van der Waals surface area contributed by atoms with Crippen LogP contribution in [0.5, 0.6) is 0 Å². The van der Waals surface area contributed by atoms with Gasteiger partial charge < -0.3 is 10.4 Å². The third-order valence-electron chi connectivity index (χ3n) is 2.57. The highest BCUT2D eigenvalue weighted by Gasteiger charge is 2.23. The molecule has 0 aromatic heterocycles. The molecule has 0 spiro atoms. The third kappa shape index (κ3) is 4.26. The molecule has 7 heteroatoms. The molecule has 0 saturated carbocycles. The molecular formula is C13H14BrF2NO3. The van der Waals surface area contributed by atoms with Gasteiger partial charge >= 0.3 is 5.97 Å². The highest BCUT2D eigenvalue weighted by Crippen LogP contribution is 2.21. The van der Waals surface area contributed by atoms with E-state index in [1.54, 1.807) is 0 Å². The van der Waals surface area contributed by atoms with Gasteiger partial charge in [0.25, 0.3) is 5.91 Å². The smallest absolute Gasteiger partial charge is 0.326 e. The van der Waals surface area contributed by atoms with E-state index in [0.29, 0.717) is 0 Å². The predicted octanol–water partition coefficient (Wildman–Crippen LogP) is 2.96. The van der Waals surface area contributed by atoms with Gasteiger partial charge in [0.1, 0.15) is 6.04 Å². The maximum Gasteiger partial charge on any atom is 0.326 e. The number of carboxylic acids is 1. The minimum Gasteiger partial charge on any atom is -0.480 e. The summed E-state index contributed by atoms with van der Waals surface area (Å²) in [6.07, 6.45) is 0.238. The Bertz CT molecular complexity index is 535. The van der Waals surface area contributed by atoms with Crippen molar-refractivity contribution in [2.45, 2.75) is 26.3 Å². The number of halogens is 3. The lowest BCUT2D eigenvalue weighted by molar-refractivity contribution is -0.139. The second kappa shape index (κ2) is 6.78. The van der Waals surface area contributed by atoms with E-state index in [1.807, 2.05) is 13.8 Å². The number of amides is 1. The van der Waals surface area contributed by atoms with Crippen LogP contribution in [0.1, 0.15) is 30.6 Å².